The van der Waals surface area contributed by atoms with Crippen molar-refractivity contribution in [3.8, 4) is 0 Å². The van der Waals surface area contributed by atoms with Gasteiger partial charge in [-0.05, 0) is 43.5 Å². The van der Waals surface area contributed by atoms with E-state index in [4.69, 9.17) is 0 Å². The molecule has 0 saturated heterocycles. The molecular formula is C21H26N2O2. The van der Waals surface area contributed by atoms with Gasteiger partial charge in [0.05, 0.1) is 0 Å². The minimum absolute atomic E-state index is 0.0991. The highest BCUT2D eigenvalue weighted by Crippen LogP contribution is 2.13. The number of benzene rings is 2. The number of hydrogen-bond acceptors (Lipinski definition) is 2. The molecule has 2 aromatic rings. The average molecular weight is 338 g/mol. The zero-order valence-corrected chi connectivity index (χ0v) is 15.3. The van der Waals surface area contributed by atoms with Gasteiger partial charge in [-0.2, -0.15) is 0 Å². The molecule has 0 unspecified atom stereocenters. The van der Waals surface area contributed by atoms with Crippen LogP contribution in [0, 0.1) is 19.3 Å². The van der Waals surface area contributed by atoms with Gasteiger partial charge < -0.3 is 10.6 Å². The number of nitrogens with one attached hydrogen (secondary N) is 2. The molecular weight excluding hydrogens is 312 g/mol. The summed E-state index contributed by atoms with van der Waals surface area (Å²) in [6.45, 7) is 8.96. The van der Waals surface area contributed by atoms with Crippen LogP contribution >= 0.6 is 0 Å². The fourth-order valence-corrected chi connectivity index (χ4v) is 2.32. The van der Waals surface area contributed by atoms with Crippen LogP contribution in [0.5, 0.6) is 0 Å². The topological polar surface area (TPSA) is 58.2 Å². The van der Waals surface area contributed by atoms with Gasteiger partial charge in [0.25, 0.3) is 11.8 Å². The average Bonchev–Trinajstić information content (AvgIpc) is 2.59. The molecule has 0 spiro atoms. The Bertz CT molecular complexity index is 668. The smallest absolute Gasteiger partial charge is 0.251 e. The third kappa shape index (κ3) is 5.75. The third-order valence-electron chi connectivity index (χ3n) is 4.08. The first-order chi connectivity index (χ1) is 11.8. The number of hydrogen-bond donors (Lipinski definition) is 2. The highest BCUT2D eigenvalue weighted by atomic mass is 16.2. The number of carbonyl (C=O) groups excluding carboxylic acids is 2. The second kappa shape index (κ2) is 7.97. The van der Waals surface area contributed by atoms with E-state index in [-0.39, 0.29) is 17.2 Å². The van der Waals surface area contributed by atoms with E-state index in [0.717, 1.165) is 11.1 Å². The van der Waals surface area contributed by atoms with Crippen LogP contribution in [0.4, 0.5) is 0 Å². The number of amides is 2. The Morgan fingerprint density at radius 1 is 0.720 bits per heavy atom. The van der Waals surface area contributed by atoms with Crippen LogP contribution in [0.3, 0.4) is 0 Å². The Kier molecular flexibility index (Phi) is 5.97. The Morgan fingerprint density at radius 2 is 1.04 bits per heavy atom. The summed E-state index contributed by atoms with van der Waals surface area (Å²) in [7, 11) is 0. The number of carbonyl (C=O) groups is 2. The van der Waals surface area contributed by atoms with E-state index < -0.39 is 0 Å². The first-order valence-electron chi connectivity index (χ1n) is 8.47. The summed E-state index contributed by atoms with van der Waals surface area (Å²) in [6, 6.07) is 14.9. The van der Waals surface area contributed by atoms with Crippen molar-refractivity contribution >= 4 is 11.8 Å². The van der Waals surface area contributed by atoms with Crippen molar-refractivity contribution in [3.05, 3.63) is 70.8 Å². The van der Waals surface area contributed by atoms with Gasteiger partial charge in [0.2, 0.25) is 0 Å². The molecule has 0 fully saturated rings. The molecule has 132 valence electrons. The van der Waals surface area contributed by atoms with E-state index in [1.54, 1.807) is 0 Å². The zero-order valence-electron chi connectivity index (χ0n) is 15.3. The van der Waals surface area contributed by atoms with Gasteiger partial charge in [-0.3, -0.25) is 9.59 Å². The van der Waals surface area contributed by atoms with E-state index in [0.29, 0.717) is 24.2 Å². The summed E-state index contributed by atoms with van der Waals surface area (Å²) in [5, 5.41) is 5.88. The Labute approximate surface area is 149 Å². The van der Waals surface area contributed by atoms with E-state index in [1.807, 2.05) is 76.2 Å². The van der Waals surface area contributed by atoms with Crippen molar-refractivity contribution in [2.45, 2.75) is 27.7 Å². The molecule has 0 saturated carbocycles. The molecule has 2 amide bonds. The van der Waals surface area contributed by atoms with E-state index >= 15 is 0 Å². The Hall–Kier alpha value is -2.62. The second-order valence-corrected chi connectivity index (χ2v) is 7.26. The highest BCUT2D eigenvalue weighted by Gasteiger charge is 2.20. The number of rotatable bonds is 6. The lowest BCUT2D eigenvalue weighted by atomic mass is 9.93. The van der Waals surface area contributed by atoms with E-state index in [1.165, 1.54) is 0 Å². The lowest BCUT2D eigenvalue weighted by Crippen LogP contribution is -2.42. The summed E-state index contributed by atoms with van der Waals surface area (Å²) in [4.78, 5) is 24.4. The molecule has 4 nitrogen and oxygen atoms in total. The molecule has 0 bridgehead atoms. The first kappa shape index (κ1) is 18.7. The first-order valence-corrected chi connectivity index (χ1v) is 8.47. The van der Waals surface area contributed by atoms with E-state index in [9.17, 15) is 9.59 Å². The predicted molar refractivity (Wildman–Crippen MR) is 101 cm³/mol. The Balaban J connectivity index is 1.84. The highest BCUT2D eigenvalue weighted by molar-refractivity contribution is 5.94. The maximum Gasteiger partial charge on any atom is 0.251 e. The van der Waals surface area contributed by atoms with Crippen molar-refractivity contribution in [1.29, 1.82) is 0 Å². The summed E-state index contributed by atoms with van der Waals surface area (Å²) in [5.74, 6) is -0.198. The summed E-state index contributed by atoms with van der Waals surface area (Å²) >= 11 is 0. The molecule has 0 aromatic heterocycles. The van der Waals surface area contributed by atoms with Gasteiger partial charge >= 0.3 is 0 Å². The SMILES string of the molecule is Cc1ccc(C(=O)NCC(C)(C)CNC(=O)c2ccc(C)cc2)cc1. The molecule has 0 heterocycles. The Morgan fingerprint density at radius 3 is 1.36 bits per heavy atom. The van der Waals surface area contributed by atoms with E-state index in [2.05, 4.69) is 10.6 Å². The molecule has 2 rings (SSSR count). The van der Waals surface area contributed by atoms with Crippen LogP contribution in [0.25, 0.3) is 0 Å². The van der Waals surface area contributed by atoms with Crippen molar-refractivity contribution in [2.24, 2.45) is 5.41 Å². The lowest BCUT2D eigenvalue weighted by molar-refractivity contribution is 0.0920. The van der Waals surface area contributed by atoms with Gasteiger partial charge in [0.1, 0.15) is 0 Å². The van der Waals surface area contributed by atoms with Crippen LogP contribution < -0.4 is 10.6 Å². The van der Waals surface area contributed by atoms with Gasteiger partial charge in [-0.25, -0.2) is 0 Å². The second-order valence-electron chi connectivity index (χ2n) is 7.26. The molecule has 0 aliphatic carbocycles. The van der Waals surface area contributed by atoms with Crippen molar-refractivity contribution < 1.29 is 9.59 Å². The normalized spacial score (nSPS) is 11.0. The molecule has 0 aliphatic heterocycles. The van der Waals surface area contributed by atoms with Crippen molar-refractivity contribution in [3.63, 3.8) is 0 Å². The predicted octanol–water partition coefficient (Wildman–Crippen LogP) is 3.49. The maximum absolute atomic E-state index is 12.2. The largest absolute Gasteiger partial charge is 0.351 e. The monoisotopic (exact) mass is 338 g/mol. The van der Waals surface area contributed by atoms with Crippen LogP contribution in [-0.2, 0) is 0 Å². The van der Waals surface area contributed by atoms with Crippen LogP contribution in [0.2, 0.25) is 0 Å². The molecule has 2 N–H and O–H groups in total. The summed E-state index contributed by atoms with van der Waals surface area (Å²) < 4.78 is 0. The summed E-state index contributed by atoms with van der Waals surface area (Å²) in [6.07, 6.45) is 0. The van der Waals surface area contributed by atoms with Gasteiger partial charge in [0.15, 0.2) is 0 Å². The van der Waals surface area contributed by atoms with Crippen LogP contribution in [0.15, 0.2) is 48.5 Å². The van der Waals surface area contributed by atoms with Gasteiger partial charge in [-0.15, -0.1) is 0 Å². The molecule has 4 heteroatoms. The molecule has 0 radical (unpaired) electrons. The molecule has 25 heavy (non-hydrogen) atoms. The lowest BCUT2D eigenvalue weighted by Gasteiger charge is -2.25. The molecule has 0 atom stereocenters. The number of aryl methyl sites for hydroxylation is 2. The summed E-state index contributed by atoms with van der Waals surface area (Å²) in [5.41, 5.74) is 3.28. The minimum atomic E-state index is -0.249. The quantitative estimate of drug-likeness (QED) is 0.847. The van der Waals surface area contributed by atoms with Crippen molar-refractivity contribution in [2.75, 3.05) is 13.1 Å². The fraction of sp³-hybridized carbons (Fsp3) is 0.333. The minimum Gasteiger partial charge on any atom is -0.351 e. The van der Waals surface area contributed by atoms with Gasteiger partial charge in [0, 0.05) is 24.2 Å². The third-order valence-corrected chi connectivity index (χ3v) is 4.08. The standard InChI is InChI=1S/C21H26N2O2/c1-15-5-9-17(10-6-15)19(24)22-13-21(3,4)14-23-20(25)18-11-7-16(2)8-12-18/h5-12H,13-14H2,1-4H3,(H,22,24)(H,23,25). The fourth-order valence-electron chi connectivity index (χ4n) is 2.32. The molecule has 2 aromatic carbocycles. The van der Waals surface area contributed by atoms with Crippen LogP contribution in [0.1, 0.15) is 45.7 Å². The maximum atomic E-state index is 12.2. The van der Waals surface area contributed by atoms with Crippen LogP contribution in [-0.4, -0.2) is 24.9 Å². The molecule has 0 aliphatic rings. The zero-order chi connectivity index (χ0) is 18.4. The van der Waals surface area contributed by atoms with Crippen molar-refractivity contribution in [1.82, 2.24) is 10.6 Å². The van der Waals surface area contributed by atoms with Gasteiger partial charge in [-0.1, -0.05) is 49.2 Å².